The molecular formula is C26H19F6N5. The molecule has 190 valence electrons. The summed E-state index contributed by atoms with van der Waals surface area (Å²) in [6, 6.07) is 18.0. The average Bonchev–Trinajstić information content (AvgIpc) is 3.40. The second-order valence-corrected chi connectivity index (χ2v) is 8.41. The molecule has 37 heavy (non-hydrogen) atoms. The van der Waals surface area contributed by atoms with Crippen LogP contribution in [0.3, 0.4) is 0 Å². The monoisotopic (exact) mass is 515 g/mol. The standard InChI is InChI=1S/C26H19F6N5/c1-37-24(34-19-13-17(25(27,28)29)12-18(14-19)26(30,31)32)21-5-3-2-4-20(21)23(36-37)16-8-6-15(7-9-16)22-10-11-33-35-22/h2-14,34,36H,1H3,(H,33,35). The number of nitrogens with one attached hydrogen (secondary N) is 3. The summed E-state index contributed by atoms with van der Waals surface area (Å²) in [7, 11) is 1.62. The molecule has 0 atom stereocenters. The van der Waals surface area contributed by atoms with Crippen molar-refractivity contribution in [2.75, 3.05) is 12.4 Å². The lowest BCUT2D eigenvalue weighted by Crippen LogP contribution is -2.49. The normalized spacial score (nSPS) is 13.9. The Hall–Kier alpha value is -4.41. The second-order valence-electron chi connectivity index (χ2n) is 8.41. The van der Waals surface area contributed by atoms with Gasteiger partial charge in [-0.3, -0.25) is 15.5 Å². The Bertz CT molecular complexity index is 1520. The van der Waals surface area contributed by atoms with E-state index in [2.05, 4.69) is 20.9 Å². The maximum atomic E-state index is 13.4. The van der Waals surface area contributed by atoms with Crippen LogP contribution in [0.1, 0.15) is 16.7 Å². The molecule has 1 aromatic heterocycles. The maximum absolute atomic E-state index is 13.4. The number of hydrogen-bond acceptors (Lipinski definition) is 4. The number of rotatable bonds is 4. The first-order valence-electron chi connectivity index (χ1n) is 11.0. The molecule has 1 aliphatic heterocycles. The zero-order valence-corrected chi connectivity index (χ0v) is 19.2. The van der Waals surface area contributed by atoms with Crippen LogP contribution in [0.4, 0.5) is 32.0 Å². The third kappa shape index (κ3) is 4.84. The first-order valence-corrected chi connectivity index (χ1v) is 11.0. The van der Waals surface area contributed by atoms with Gasteiger partial charge in [0.25, 0.3) is 0 Å². The van der Waals surface area contributed by atoms with E-state index in [4.69, 9.17) is 0 Å². The number of H-pyrrole nitrogens is 1. The van der Waals surface area contributed by atoms with E-state index >= 15 is 0 Å². The van der Waals surface area contributed by atoms with Crippen molar-refractivity contribution in [2.24, 2.45) is 0 Å². The van der Waals surface area contributed by atoms with Gasteiger partial charge < -0.3 is 5.32 Å². The molecule has 0 saturated heterocycles. The van der Waals surface area contributed by atoms with Crippen LogP contribution in [0.2, 0.25) is 0 Å². The number of aromatic amines is 1. The summed E-state index contributed by atoms with van der Waals surface area (Å²) >= 11 is 0. The highest BCUT2D eigenvalue weighted by Crippen LogP contribution is 2.38. The van der Waals surface area contributed by atoms with E-state index < -0.39 is 23.5 Å². The minimum atomic E-state index is -4.94. The largest absolute Gasteiger partial charge is 0.416 e. The predicted octanol–water partition coefficient (Wildman–Crippen LogP) is 4.90. The minimum absolute atomic E-state index is 0.103. The van der Waals surface area contributed by atoms with Gasteiger partial charge in [0.2, 0.25) is 0 Å². The van der Waals surface area contributed by atoms with Gasteiger partial charge >= 0.3 is 12.4 Å². The van der Waals surface area contributed by atoms with Crippen LogP contribution in [-0.4, -0.2) is 22.3 Å². The zero-order chi connectivity index (χ0) is 26.4. The Morgan fingerprint density at radius 3 is 1.92 bits per heavy atom. The molecule has 3 N–H and O–H groups in total. The molecule has 11 heteroatoms. The minimum Gasteiger partial charge on any atom is -0.340 e. The summed E-state index contributed by atoms with van der Waals surface area (Å²) in [4.78, 5) is 0. The van der Waals surface area contributed by atoms with E-state index in [1.54, 1.807) is 31.4 Å². The van der Waals surface area contributed by atoms with Crippen molar-refractivity contribution in [2.45, 2.75) is 12.4 Å². The van der Waals surface area contributed by atoms with Crippen LogP contribution in [0.25, 0.3) is 22.8 Å². The molecule has 3 aromatic carbocycles. The first-order chi connectivity index (χ1) is 17.5. The van der Waals surface area contributed by atoms with Gasteiger partial charge in [0.15, 0.2) is 0 Å². The smallest absolute Gasteiger partial charge is 0.340 e. The highest BCUT2D eigenvalue weighted by Gasteiger charge is 2.37. The topological polar surface area (TPSA) is 56.0 Å². The zero-order valence-electron chi connectivity index (χ0n) is 19.2. The van der Waals surface area contributed by atoms with E-state index in [1.807, 2.05) is 36.4 Å². The van der Waals surface area contributed by atoms with Crippen LogP contribution in [0.15, 0.2) is 79.0 Å². The highest BCUT2D eigenvalue weighted by molar-refractivity contribution is 5.73. The molecule has 0 radical (unpaired) electrons. The lowest BCUT2D eigenvalue weighted by atomic mass is 10.0. The fraction of sp³-hybridized carbons (Fsp3) is 0.115. The molecule has 0 saturated carbocycles. The molecule has 1 aliphatic rings. The highest BCUT2D eigenvalue weighted by atomic mass is 19.4. The SMILES string of the molecule is CN1NC(c2ccc(-c3ccn[nH]3)cc2)=c2ccccc2=C1Nc1cc(C(F)(F)F)cc(C(F)(F)F)c1. The number of anilines is 1. The van der Waals surface area contributed by atoms with Gasteiger partial charge in [-0.2, -0.15) is 31.4 Å². The van der Waals surface area contributed by atoms with Crippen molar-refractivity contribution in [1.82, 2.24) is 20.6 Å². The fourth-order valence-electron chi connectivity index (χ4n) is 4.14. The van der Waals surface area contributed by atoms with Crippen molar-refractivity contribution >= 4 is 17.2 Å². The van der Waals surface area contributed by atoms with Crippen LogP contribution in [0.5, 0.6) is 0 Å². The van der Waals surface area contributed by atoms with E-state index in [0.29, 0.717) is 23.2 Å². The van der Waals surface area contributed by atoms with Crippen molar-refractivity contribution in [1.29, 1.82) is 0 Å². The number of alkyl halides is 6. The van der Waals surface area contributed by atoms with Gasteiger partial charge in [-0.25, -0.2) is 0 Å². The molecule has 0 bridgehead atoms. The number of aromatic nitrogens is 2. The Balaban J connectivity index is 1.62. The second kappa shape index (κ2) is 8.91. The van der Waals surface area contributed by atoms with Gasteiger partial charge in [-0.1, -0.05) is 48.5 Å². The molecule has 0 spiro atoms. The van der Waals surface area contributed by atoms with Crippen LogP contribution >= 0.6 is 0 Å². The Morgan fingerprint density at radius 2 is 1.35 bits per heavy atom. The van der Waals surface area contributed by atoms with Gasteiger partial charge in [-0.15, -0.1) is 0 Å². The molecule has 2 heterocycles. The molecule has 0 fully saturated rings. The lowest BCUT2D eigenvalue weighted by Gasteiger charge is -2.31. The predicted molar refractivity (Wildman–Crippen MR) is 127 cm³/mol. The molecule has 0 amide bonds. The molecule has 5 nitrogen and oxygen atoms in total. The Kier molecular flexibility index (Phi) is 5.85. The van der Waals surface area contributed by atoms with Crippen molar-refractivity contribution in [3.05, 3.63) is 106 Å². The summed E-state index contributed by atoms with van der Waals surface area (Å²) < 4.78 is 80.1. The number of halogens is 6. The van der Waals surface area contributed by atoms with E-state index in [1.165, 1.54) is 5.01 Å². The number of fused-ring (bicyclic) bond motifs is 1. The van der Waals surface area contributed by atoms with Gasteiger partial charge in [0.1, 0.15) is 5.82 Å². The summed E-state index contributed by atoms with van der Waals surface area (Å²) in [6.07, 6.45) is -8.24. The van der Waals surface area contributed by atoms with Crippen LogP contribution in [0, 0.1) is 0 Å². The number of nitrogens with zero attached hydrogens (tertiary/aromatic N) is 2. The van der Waals surface area contributed by atoms with E-state index in [-0.39, 0.29) is 11.8 Å². The maximum Gasteiger partial charge on any atom is 0.416 e. The van der Waals surface area contributed by atoms with Crippen molar-refractivity contribution in [3.63, 3.8) is 0 Å². The number of hydrogen-bond donors (Lipinski definition) is 3. The number of hydrazine groups is 1. The number of benzene rings is 3. The molecule has 0 aliphatic carbocycles. The van der Waals surface area contributed by atoms with Crippen molar-refractivity contribution < 1.29 is 26.3 Å². The quantitative estimate of drug-likeness (QED) is 0.339. The summed E-state index contributed by atoms with van der Waals surface area (Å²) in [5, 5.41) is 12.5. The summed E-state index contributed by atoms with van der Waals surface area (Å²) in [6.45, 7) is 0. The van der Waals surface area contributed by atoms with Gasteiger partial charge in [-0.05, 0) is 29.8 Å². The van der Waals surface area contributed by atoms with E-state index in [9.17, 15) is 26.3 Å². The fourth-order valence-corrected chi connectivity index (χ4v) is 4.14. The molecule has 0 unspecified atom stereocenters. The summed E-state index contributed by atoms with van der Waals surface area (Å²) in [5.41, 5.74) is 3.40. The molecule has 4 aromatic rings. The average molecular weight is 515 g/mol. The van der Waals surface area contributed by atoms with Gasteiger partial charge in [0.05, 0.1) is 22.5 Å². The summed E-state index contributed by atoms with van der Waals surface area (Å²) in [5.74, 6) is 0.292. The third-order valence-electron chi connectivity index (χ3n) is 5.90. The van der Waals surface area contributed by atoms with E-state index in [0.717, 1.165) is 27.7 Å². The lowest BCUT2D eigenvalue weighted by molar-refractivity contribution is -0.143. The Morgan fingerprint density at radius 1 is 0.757 bits per heavy atom. The van der Waals surface area contributed by atoms with Crippen LogP contribution in [-0.2, 0) is 12.4 Å². The molecular weight excluding hydrogens is 496 g/mol. The molecule has 5 rings (SSSR count). The first kappa shape index (κ1) is 24.3. The van der Waals surface area contributed by atoms with Crippen LogP contribution < -0.4 is 21.2 Å². The Labute approximate surface area is 206 Å². The van der Waals surface area contributed by atoms with Crippen molar-refractivity contribution in [3.8, 4) is 11.3 Å². The third-order valence-corrected chi connectivity index (χ3v) is 5.90. The van der Waals surface area contributed by atoms with Gasteiger partial charge in [0, 0.05) is 34.9 Å².